The summed E-state index contributed by atoms with van der Waals surface area (Å²) in [5.41, 5.74) is -0.836. The number of carboxylic acid groups (broad SMARTS) is 1. The molecule has 4 heteroatoms. The molecule has 1 heterocycles. The quantitative estimate of drug-likeness (QED) is 0.867. The van der Waals surface area contributed by atoms with Crippen molar-refractivity contribution in [2.45, 2.75) is 26.2 Å². The Morgan fingerprint density at radius 2 is 2.14 bits per heavy atom. The van der Waals surface area contributed by atoms with Gasteiger partial charge in [-0.2, -0.15) is 0 Å². The van der Waals surface area contributed by atoms with E-state index in [4.69, 9.17) is 11.6 Å². The highest BCUT2D eigenvalue weighted by atomic mass is 35.5. The summed E-state index contributed by atoms with van der Waals surface area (Å²) < 4.78 is 0.633. The SMILES string of the molecule is CC(C)C(C)(C(=O)O)c1ccc(Cl)s1. The van der Waals surface area contributed by atoms with Crippen LogP contribution in [-0.2, 0) is 10.2 Å². The highest BCUT2D eigenvalue weighted by Crippen LogP contribution is 2.38. The fourth-order valence-electron chi connectivity index (χ4n) is 1.23. The lowest BCUT2D eigenvalue weighted by Gasteiger charge is -2.27. The first-order valence-electron chi connectivity index (χ1n) is 4.38. The molecule has 0 aliphatic rings. The summed E-state index contributed by atoms with van der Waals surface area (Å²) in [4.78, 5) is 12.0. The fourth-order valence-corrected chi connectivity index (χ4v) is 2.56. The Bertz CT molecular complexity index is 346. The molecule has 0 amide bonds. The number of carbonyl (C=O) groups is 1. The van der Waals surface area contributed by atoms with E-state index in [1.807, 2.05) is 13.8 Å². The number of halogens is 1. The van der Waals surface area contributed by atoms with Gasteiger partial charge in [-0.25, -0.2) is 0 Å². The number of hydrogen-bond acceptors (Lipinski definition) is 2. The molecule has 1 atom stereocenters. The van der Waals surface area contributed by atoms with E-state index in [9.17, 15) is 9.90 Å². The monoisotopic (exact) mass is 232 g/mol. The minimum Gasteiger partial charge on any atom is -0.481 e. The third-order valence-electron chi connectivity index (χ3n) is 2.68. The van der Waals surface area contributed by atoms with Crippen LogP contribution in [0.25, 0.3) is 0 Å². The van der Waals surface area contributed by atoms with Crippen LogP contribution in [0.4, 0.5) is 0 Å². The molecule has 1 aromatic heterocycles. The lowest BCUT2D eigenvalue weighted by Crippen LogP contribution is -2.36. The van der Waals surface area contributed by atoms with E-state index in [0.717, 1.165) is 4.88 Å². The minimum absolute atomic E-state index is 0.0368. The Morgan fingerprint density at radius 3 is 2.43 bits per heavy atom. The highest BCUT2D eigenvalue weighted by molar-refractivity contribution is 7.16. The average molecular weight is 233 g/mol. The lowest BCUT2D eigenvalue weighted by atomic mass is 9.78. The van der Waals surface area contributed by atoms with Gasteiger partial charge in [0.25, 0.3) is 0 Å². The van der Waals surface area contributed by atoms with Crippen molar-refractivity contribution in [1.82, 2.24) is 0 Å². The van der Waals surface area contributed by atoms with Crippen LogP contribution < -0.4 is 0 Å². The molecule has 1 N–H and O–H groups in total. The van der Waals surface area contributed by atoms with Gasteiger partial charge < -0.3 is 5.11 Å². The van der Waals surface area contributed by atoms with Crippen molar-refractivity contribution in [3.8, 4) is 0 Å². The first-order chi connectivity index (χ1) is 6.39. The predicted molar refractivity (Wildman–Crippen MR) is 59.2 cm³/mol. The minimum atomic E-state index is -0.836. The van der Waals surface area contributed by atoms with Gasteiger partial charge in [-0.15, -0.1) is 11.3 Å². The van der Waals surface area contributed by atoms with E-state index in [2.05, 4.69) is 0 Å². The zero-order chi connectivity index (χ0) is 10.9. The van der Waals surface area contributed by atoms with Crippen molar-refractivity contribution in [2.24, 2.45) is 5.92 Å². The van der Waals surface area contributed by atoms with Crippen LogP contribution in [0.5, 0.6) is 0 Å². The molecular formula is C10H13ClO2S. The molecule has 0 spiro atoms. The maximum atomic E-state index is 11.2. The van der Waals surface area contributed by atoms with Crippen LogP contribution in [0.2, 0.25) is 4.34 Å². The number of carboxylic acids is 1. The zero-order valence-corrected chi connectivity index (χ0v) is 9.95. The van der Waals surface area contributed by atoms with Crippen molar-refractivity contribution in [1.29, 1.82) is 0 Å². The van der Waals surface area contributed by atoms with Crippen LogP contribution in [0.15, 0.2) is 12.1 Å². The first kappa shape index (κ1) is 11.5. The Hall–Kier alpha value is -0.540. The van der Waals surface area contributed by atoms with Gasteiger partial charge in [-0.05, 0) is 25.0 Å². The van der Waals surface area contributed by atoms with Gasteiger partial charge in [0.05, 0.1) is 4.34 Å². The first-order valence-corrected chi connectivity index (χ1v) is 5.57. The summed E-state index contributed by atoms with van der Waals surface area (Å²) in [5, 5.41) is 9.23. The van der Waals surface area contributed by atoms with E-state index in [0.29, 0.717) is 4.34 Å². The lowest BCUT2D eigenvalue weighted by molar-refractivity contribution is -0.144. The van der Waals surface area contributed by atoms with E-state index in [1.54, 1.807) is 19.1 Å². The zero-order valence-electron chi connectivity index (χ0n) is 8.37. The molecule has 0 fully saturated rings. The third-order valence-corrected chi connectivity index (χ3v) is 4.15. The maximum absolute atomic E-state index is 11.2. The van der Waals surface area contributed by atoms with Crippen molar-refractivity contribution >= 4 is 28.9 Å². The summed E-state index contributed by atoms with van der Waals surface area (Å²) in [7, 11) is 0. The van der Waals surface area contributed by atoms with E-state index < -0.39 is 11.4 Å². The summed E-state index contributed by atoms with van der Waals surface area (Å²) in [6.07, 6.45) is 0. The van der Waals surface area contributed by atoms with E-state index in [-0.39, 0.29) is 5.92 Å². The standard InChI is InChI=1S/C10H13ClO2S/c1-6(2)10(3,9(12)13)7-4-5-8(11)14-7/h4-6H,1-3H3,(H,12,13). The second-order valence-corrected chi connectivity index (χ2v) is 5.48. The largest absolute Gasteiger partial charge is 0.481 e. The van der Waals surface area contributed by atoms with Gasteiger partial charge >= 0.3 is 5.97 Å². The molecule has 0 radical (unpaired) electrons. The molecule has 1 aromatic rings. The molecular weight excluding hydrogens is 220 g/mol. The molecule has 0 bridgehead atoms. The second kappa shape index (κ2) is 3.91. The van der Waals surface area contributed by atoms with E-state index in [1.165, 1.54) is 11.3 Å². The molecule has 0 aromatic carbocycles. The third kappa shape index (κ3) is 1.79. The molecule has 2 nitrogen and oxygen atoms in total. The van der Waals surface area contributed by atoms with Crippen LogP contribution in [0.1, 0.15) is 25.6 Å². The highest BCUT2D eigenvalue weighted by Gasteiger charge is 2.39. The number of aliphatic carboxylic acids is 1. The topological polar surface area (TPSA) is 37.3 Å². The van der Waals surface area contributed by atoms with Gasteiger partial charge in [-0.1, -0.05) is 25.4 Å². The summed E-state index contributed by atoms with van der Waals surface area (Å²) in [5.74, 6) is -0.763. The van der Waals surface area contributed by atoms with E-state index >= 15 is 0 Å². The molecule has 1 rings (SSSR count). The number of thiophene rings is 1. The summed E-state index contributed by atoms with van der Waals surface area (Å²) >= 11 is 7.14. The number of rotatable bonds is 3. The van der Waals surface area contributed by atoms with Gasteiger partial charge in [0.2, 0.25) is 0 Å². The smallest absolute Gasteiger partial charge is 0.314 e. The van der Waals surface area contributed by atoms with Crippen LogP contribution >= 0.6 is 22.9 Å². The van der Waals surface area contributed by atoms with Crippen molar-refractivity contribution in [2.75, 3.05) is 0 Å². The average Bonchev–Trinajstić information content (AvgIpc) is 2.49. The molecule has 1 unspecified atom stereocenters. The van der Waals surface area contributed by atoms with Crippen LogP contribution in [0.3, 0.4) is 0 Å². The Balaban J connectivity index is 3.19. The Labute approximate surface area is 92.5 Å². The van der Waals surface area contributed by atoms with Crippen molar-refractivity contribution < 1.29 is 9.90 Å². The Morgan fingerprint density at radius 1 is 1.57 bits per heavy atom. The summed E-state index contributed by atoms with van der Waals surface area (Å²) in [6, 6.07) is 3.53. The van der Waals surface area contributed by atoms with Crippen molar-refractivity contribution in [3.05, 3.63) is 21.3 Å². The molecule has 0 saturated carbocycles. The Kier molecular flexibility index (Phi) is 3.22. The van der Waals surface area contributed by atoms with Crippen molar-refractivity contribution in [3.63, 3.8) is 0 Å². The van der Waals surface area contributed by atoms with Gasteiger partial charge in [0.1, 0.15) is 5.41 Å². The molecule has 0 aliphatic heterocycles. The van der Waals surface area contributed by atoms with Crippen LogP contribution in [-0.4, -0.2) is 11.1 Å². The fraction of sp³-hybridized carbons (Fsp3) is 0.500. The van der Waals surface area contributed by atoms with Gasteiger partial charge in [0.15, 0.2) is 0 Å². The number of hydrogen-bond donors (Lipinski definition) is 1. The van der Waals surface area contributed by atoms with Gasteiger partial charge in [-0.3, -0.25) is 4.79 Å². The predicted octanol–water partition coefficient (Wildman–Crippen LogP) is 3.40. The molecule has 0 saturated heterocycles. The summed E-state index contributed by atoms with van der Waals surface area (Å²) in [6.45, 7) is 5.55. The molecule has 78 valence electrons. The second-order valence-electron chi connectivity index (χ2n) is 3.77. The maximum Gasteiger partial charge on any atom is 0.314 e. The normalized spacial score (nSPS) is 15.5. The molecule has 14 heavy (non-hydrogen) atoms. The molecule has 0 aliphatic carbocycles. The van der Waals surface area contributed by atoms with Gasteiger partial charge in [0, 0.05) is 4.88 Å². The van der Waals surface area contributed by atoms with Crippen LogP contribution in [0, 0.1) is 5.92 Å².